The third kappa shape index (κ3) is 3.11. The summed E-state index contributed by atoms with van der Waals surface area (Å²) >= 11 is 1.73. The van der Waals surface area contributed by atoms with E-state index in [0.29, 0.717) is 11.4 Å². The molecule has 0 heterocycles. The highest BCUT2D eigenvalue weighted by Gasteiger charge is 2.00. The highest BCUT2D eigenvalue weighted by atomic mass is 32.2. The van der Waals surface area contributed by atoms with Crippen LogP contribution in [0.25, 0.3) is 0 Å². The monoisotopic (exact) mass is 260 g/mol. The first kappa shape index (κ1) is 12.6. The number of hydrogen-bond donors (Lipinski definition) is 2. The molecular weight excluding hydrogens is 244 g/mol. The molecule has 0 aliphatic heterocycles. The fourth-order valence-electron chi connectivity index (χ4n) is 1.53. The topological polar surface area (TPSA) is 61.3 Å². The molecule has 2 aromatic carbocycles. The molecule has 4 N–H and O–H groups in total. The number of rotatable bonds is 4. The van der Waals surface area contributed by atoms with Gasteiger partial charge in [0.25, 0.3) is 0 Å². The van der Waals surface area contributed by atoms with E-state index in [4.69, 9.17) is 16.2 Å². The number of ether oxygens (including phenoxy) is 1. The van der Waals surface area contributed by atoms with Gasteiger partial charge in [0.2, 0.25) is 0 Å². The first-order valence-electron chi connectivity index (χ1n) is 5.60. The predicted octanol–water partition coefficient (Wildman–Crippen LogP) is 3.15. The normalized spacial score (nSPS) is 10.3. The van der Waals surface area contributed by atoms with E-state index in [0.717, 1.165) is 16.4 Å². The molecule has 2 aromatic rings. The minimum Gasteiger partial charge on any atom is -0.497 e. The van der Waals surface area contributed by atoms with Crippen LogP contribution in [-0.4, -0.2) is 7.11 Å². The van der Waals surface area contributed by atoms with E-state index >= 15 is 0 Å². The highest BCUT2D eigenvalue weighted by molar-refractivity contribution is 7.98. The summed E-state index contributed by atoms with van der Waals surface area (Å²) in [6.07, 6.45) is 0. The molecule has 4 heteroatoms. The molecule has 0 fully saturated rings. The van der Waals surface area contributed by atoms with Crippen molar-refractivity contribution >= 4 is 23.1 Å². The summed E-state index contributed by atoms with van der Waals surface area (Å²) < 4.78 is 5.12. The Bertz CT molecular complexity index is 526. The third-order valence-corrected chi connectivity index (χ3v) is 3.69. The van der Waals surface area contributed by atoms with Gasteiger partial charge < -0.3 is 16.2 Å². The van der Waals surface area contributed by atoms with Crippen molar-refractivity contribution < 1.29 is 4.74 Å². The number of thioether (sulfide) groups is 1. The molecule has 0 aliphatic carbocycles. The minimum absolute atomic E-state index is 0.629. The highest BCUT2D eigenvalue weighted by Crippen LogP contribution is 2.27. The summed E-state index contributed by atoms with van der Waals surface area (Å²) in [7, 11) is 1.67. The first-order chi connectivity index (χ1) is 8.69. The summed E-state index contributed by atoms with van der Waals surface area (Å²) in [6, 6.07) is 13.8. The van der Waals surface area contributed by atoms with Gasteiger partial charge in [-0.3, -0.25) is 0 Å². The lowest BCUT2D eigenvalue weighted by molar-refractivity contribution is 0.414. The van der Waals surface area contributed by atoms with Crippen LogP contribution in [0.2, 0.25) is 0 Å². The lowest BCUT2D eigenvalue weighted by Crippen LogP contribution is -1.93. The Kier molecular flexibility index (Phi) is 3.99. The molecule has 0 amide bonds. The van der Waals surface area contributed by atoms with Gasteiger partial charge in [-0.2, -0.15) is 0 Å². The van der Waals surface area contributed by atoms with Crippen molar-refractivity contribution in [3.8, 4) is 5.75 Å². The Hall–Kier alpha value is -1.81. The fourth-order valence-corrected chi connectivity index (χ4v) is 2.43. The van der Waals surface area contributed by atoms with Gasteiger partial charge in [-0.1, -0.05) is 12.1 Å². The van der Waals surface area contributed by atoms with Gasteiger partial charge in [0.15, 0.2) is 0 Å². The molecule has 0 saturated heterocycles. The number of anilines is 2. The number of nitrogen functional groups attached to an aromatic ring is 2. The molecule has 0 atom stereocenters. The Balaban J connectivity index is 1.99. The van der Waals surface area contributed by atoms with Crippen LogP contribution in [0.15, 0.2) is 47.4 Å². The van der Waals surface area contributed by atoms with Crippen LogP contribution in [-0.2, 0) is 5.75 Å². The van der Waals surface area contributed by atoms with E-state index < -0.39 is 0 Å². The van der Waals surface area contributed by atoms with Crippen LogP contribution >= 0.6 is 11.8 Å². The van der Waals surface area contributed by atoms with Gasteiger partial charge >= 0.3 is 0 Å². The smallest absolute Gasteiger partial charge is 0.118 e. The van der Waals surface area contributed by atoms with Crippen LogP contribution < -0.4 is 16.2 Å². The molecule has 0 saturated carbocycles. The lowest BCUT2D eigenvalue weighted by atomic mass is 10.2. The van der Waals surface area contributed by atoms with E-state index in [1.165, 1.54) is 5.56 Å². The molecule has 3 nitrogen and oxygen atoms in total. The average Bonchev–Trinajstić information content (AvgIpc) is 2.41. The van der Waals surface area contributed by atoms with E-state index in [9.17, 15) is 0 Å². The van der Waals surface area contributed by atoms with Crippen LogP contribution in [0, 0.1) is 0 Å². The molecule has 0 radical (unpaired) electrons. The standard InChI is InChI=1S/C14H16N2OS/c1-17-11-4-2-10(3-5-11)9-18-12-6-7-13(15)14(16)8-12/h2-8H,9,15-16H2,1H3. The zero-order valence-corrected chi connectivity index (χ0v) is 11.0. The average molecular weight is 260 g/mol. The van der Waals surface area contributed by atoms with Gasteiger partial charge in [-0.25, -0.2) is 0 Å². The van der Waals surface area contributed by atoms with Gasteiger partial charge in [-0.15, -0.1) is 11.8 Å². The molecular formula is C14H16N2OS. The van der Waals surface area contributed by atoms with Crippen molar-refractivity contribution in [2.75, 3.05) is 18.6 Å². The van der Waals surface area contributed by atoms with Crippen LogP contribution in [0.1, 0.15) is 5.56 Å². The van der Waals surface area contributed by atoms with Gasteiger partial charge in [0.05, 0.1) is 18.5 Å². The second kappa shape index (κ2) is 5.69. The van der Waals surface area contributed by atoms with Crippen molar-refractivity contribution in [1.29, 1.82) is 0 Å². The predicted molar refractivity (Wildman–Crippen MR) is 77.8 cm³/mol. The van der Waals surface area contributed by atoms with Gasteiger partial charge in [0.1, 0.15) is 5.75 Å². The summed E-state index contributed by atoms with van der Waals surface area (Å²) in [6.45, 7) is 0. The molecule has 0 unspecified atom stereocenters. The molecule has 0 spiro atoms. The first-order valence-corrected chi connectivity index (χ1v) is 6.58. The Morgan fingerprint density at radius 3 is 2.33 bits per heavy atom. The van der Waals surface area contributed by atoms with Crippen molar-refractivity contribution in [1.82, 2.24) is 0 Å². The number of benzene rings is 2. The summed E-state index contributed by atoms with van der Waals surface area (Å²) in [5, 5.41) is 0. The van der Waals surface area contributed by atoms with Crippen molar-refractivity contribution in [3.05, 3.63) is 48.0 Å². The Morgan fingerprint density at radius 1 is 1.00 bits per heavy atom. The van der Waals surface area contributed by atoms with Gasteiger partial charge in [0, 0.05) is 10.6 Å². The minimum atomic E-state index is 0.629. The second-order valence-corrected chi connectivity index (χ2v) is 4.98. The van der Waals surface area contributed by atoms with E-state index in [1.807, 2.05) is 30.3 Å². The number of methoxy groups -OCH3 is 1. The summed E-state index contributed by atoms with van der Waals surface area (Å²) in [5.74, 6) is 1.77. The maximum absolute atomic E-state index is 5.77. The maximum atomic E-state index is 5.77. The molecule has 2 rings (SSSR count). The van der Waals surface area contributed by atoms with Gasteiger partial charge in [-0.05, 0) is 35.9 Å². The van der Waals surface area contributed by atoms with Crippen molar-refractivity contribution in [2.45, 2.75) is 10.6 Å². The Morgan fingerprint density at radius 2 is 1.72 bits per heavy atom. The molecule has 0 aromatic heterocycles. The van der Waals surface area contributed by atoms with E-state index in [-0.39, 0.29) is 0 Å². The lowest BCUT2D eigenvalue weighted by Gasteiger charge is -2.06. The van der Waals surface area contributed by atoms with Crippen molar-refractivity contribution in [3.63, 3.8) is 0 Å². The van der Waals surface area contributed by atoms with E-state index in [1.54, 1.807) is 18.9 Å². The largest absolute Gasteiger partial charge is 0.497 e. The van der Waals surface area contributed by atoms with Crippen LogP contribution in [0.5, 0.6) is 5.75 Å². The molecule has 0 aliphatic rings. The molecule has 94 valence electrons. The van der Waals surface area contributed by atoms with Crippen molar-refractivity contribution in [2.24, 2.45) is 0 Å². The number of hydrogen-bond acceptors (Lipinski definition) is 4. The maximum Gasteiger partial charge on any atom is 0.118 e. The van der Waals surface area contributed by atoms with E-state index in [2.05, 4.69) is 12.1 Å². The summed E-state index contributed by atoms with van der Waals surface area (Å²) in [5.41, 5.74) is 14.0. The van der Waals surface area contributed by atoms with Crippen LogP contribution in [0.3, 0.4) is 0 Å². The quantitative estimate of drug-likeness (QED) is 0.655. The third-order valence-electron chi connectivity index (χ3n) is 2.62. The number of nitrogens with two attached hydrogens (primary N) is 2. The zero-order valence-electron chi connectivity index (χ0n) is 10.2. The van der Waals surface area contributed by atoms with Crippen LogP contribution in [0.4, 0.5) is 11.4 Å². The SMILES string of the molecule is COc1ccc(CSc2ccc(N)c(N)c2)cc1. The zero-order chi connectivity index (χ0) is 13.0. The second-order valence-electron chi connectivity index (χ2n) is 3.93. The Labute approximate surface area is 111 Å². The summed E-state index contributed by atoms with van der Waals surface area (Å²) in [4.78, 5) is 1.12. The fraction of sp³-hybridized carbons (Fsp3) is 0.143. The molecule has 18 heavy (non-hydrogen) atoms. The molecule has 0 bridgehead atoms.